The molecule has 7 heteroatoms. The number of alkyl halides is 2. The van der Waals surface area contributed by atoms with Crippen LogP contribution in [-0.4, -0.2) is 19.3 Å². The van der Waals surface area contributed by atoms with E-state index in [2.05, 4.69) is 10.1 Å². The second-order valence-electron chi connectivity index (χ2n) is 5.21. The van der Waals surface area contributed by atoms with Gasteiger partial charge in [-0.1, -0.05) is 12.1 Å². The average Bonchev–Trinajstić information content (AvgIpc) is 3.02. The van der Waals surface area contributed by atoms with Crippen LogP contribution in [0.25, 0.3) is 0 Å². The van der Waals surface area contributed by atoms with Crippen LogP contribution in [0.15, 0.2) is 42.5 Å². The fourth-order valence-electron chi connectivity index (χ4n) is 2.36. The third-order valence-corrected chi connectivity index (χ3v) is 3.57. The molecule has 5 nitrogen and oxygen atoms in total. The zero-order chi connectivity index (χ0) is 17.1. The molecule has 2 aromatic rings. The number of rotatable bonds is 5. The molecule has 0 spiro atoms. The van der Waals surface area contributed by atoms with Gasteiger partial charge in [0.05, 0.1) is 6.04 Å². The quantitative estimate of drug-likeness (QED) is 0.908. The topological polar surface area (TPSA) is 56.8 Å². The summed E-state index contributed by atoms with van der Waals surface area (Å²) >= 11 is 0. The van der Waals surface area contributed by atoms with Crippen molar-refractivity contribution in [1.29, 1.82) is 0 Å². The number of amides is 1. The fraction of sp³-hybridized carbons (Fsp3) is 0.235. The van der Waals surface area contributed by atoms with E-state index >= 15 is 0 Å². The molecule has 0 radical (unpaired) electrons. The summed E-state index contributed by atoms with van der Waals surface area (Å²) in [6, 6.07) is 10.7. The van der Waals surface area contributed by atoms with E-state index in [1.165, 1.54) is 24.3 Å². The van der Waals surface area contributed by atoms with Crippen molar-refractivity contribution >= 4 is 5.91 Å². The number of benzene rings is 2. The summed E-state index contributed by atoms with van der Waals surface area (Å²) in [4.78, 5) is 12.3. The highest BCUT2D eigenvalue weighted by molar-refractivity contribution is 5.94. The average molecular weight is 335 g/mol. The lowest BCUT2D eigenvalue weighted by atomic mass is 10.1. The van der Waals surface area contributed by atoms with Gasteiger partial charge in [0.25, 0.3) is 5.91 Å². The van der Waals surface area contributed by atoms with E-state index < -0.39 is 6.61 Å². The first-order valence-corrected chi connectivity index (χ1v) is 7.28. The molecule has 1 aliphatic heterocycles. The summed E-state index contributed by atoms with van der Waals surface area (Å²) in [5, 5.41) is 2.81. The minimum Gasteiger partial charge on any atom is -0.454 e. The van der Waals surface area contributed by atoms with Gasteiger partial charge in [-0.15, -0.1) is 0 Å². The number of nitrogens with one attached hydrogen (secondary N) is 1. The van der Waals surface area contributed by atoms with Gasteiger partial charge in [0.2, 0.25) is 6.79 Å². The van der Waals surface area contributed by atoms with Crippen LogP contribution in [0.5, 0.6) is 17.2 Å². The van der Waals surface area contributed by atoms with Gasteiger partial charge in [0, 0.05) is 5.56 Å². The normalized spacial score (nSPS) is 13.7. The lowest BCUT2D eigenvalue weighted by Crippen LogP contribution is -2.26. The Bertz CT molecular complexity index is 751. The van der Waals surface area contributed by atoms with Crippen molar-refractivity contribution in [3.05, 3.63) is 53.6 Å². The Balaban J connectivity index is 1.70. The van der Waals surface area contributed by atoms with Gasteiger partial charge in [0.1, 0.15) is 5.75 Å². The lowest BCUT2D eigenvalue weighted by Gasteiger charge is -2.15. The summed E-state index contributed by atoms with van der Waals surface area (Å²) in [5.41, 5.74) is 1.08. The summed E-state index contributed by atoms with van der Waals surface area (Å²) in [5.74, 6) is 0.836. The third-order valence-electron chi connectivity index (χ3n) is 3.57. The van der Waals surface area contributed by atoms with Crippen LogP contribution in [0, 0.1) is 0 Å². The molecule has 1 amide bonds. The summed E-state index contributed by atoms with van der Waals surface area (Å²) in [7, 11) is 0. The van der Waals surface area contributed by atoms with E-state index in [-0.39, 0.29) is 30.1 Å². The molecule has 0 aromatic heterocycles. The molecule has 0 aliphatic carbocycles. The van der Waals surface area contributed by atoms with Crippen LogP contribution in [0.1, 0.15) is 28.9 Å². The van der Waals surface area contributed by atoms with Gasteiger partial charge in [-0.25, -0.2) is 0 Å². The molecule has 0 saturated heterocycles. The van der Waals surface area contributed by atoms with Gasteiger partial charge in [-0.3, -0.25) is 4.79 Å². The second-order valence-corrected chi connectivity index (χ2v) is 5.21. The first-order valence-electron chi connectivity index (χ1n) is 7.28. The monoisotopic (exact) mass is 335 g/mol. The molecule has 24 heavy (non-hydrogen) atoms. The summed E-state index contributed by atoms with van der Waals surface area (Å²) in [6.45, 7) is -0.943. The van der Waals surface area contributed by atoms with E-state index in [1.54, 1.807) is 12.1 Å². The minimum absolute atomic E-state index is 0.0617. The number of halogens is 2. The Kier molecular flexibility index (Phi) is 4.50. The summed E-state index contributed by atoms with van der Waals surface area (Å²) in [6.07, 6.45) is 0. The van der Waals surface area contributed by atoms with Gasteiger partial charge in [-0.2, -0.15) is 8.78 Å². The molecular formula is C17H15F2NO4. The molecule has 3 rings (SSSR count). The van der Waals surface area contributed by atoms with Crippen molar-refractivity contribution < 1.29 is 27.8 Å². The van der Waals surface area contributed by atoms with Crippen molar-refractivity contribution in [3.8, 4) is 17.2 Å². The maximum Gasteiger partial charge on any atom is 0.387 e. The maximum absolute atomic E-state index is 12.3. The van der Waals surface area contributed by atoms with Crippen LogP contribution in [0.2, 0.25) is 0 Å². The number of hydrogen-bond donors (Lipinski definition) is 1. The number of hydrogen-bond acceptors (Lipinski definition) is 4. The Morgan fingerprint density at radius 1 is 1.17 bits per heavy atom. The van der Waals surface area contributed by atoms with Crippen molar-refractivity contribution in [3.63, 3.8) is 0 Å². The Hall–Kier alpha value is -2.83. The van der Waals surface area contributed by atoms with Gasteiger partial charge in [0.15, 0.2) is 11.5 Å². The van der Waals surface area contributed by atoms with Crippen LogP contribution < -0.4 is 19.5 Å². The highest BCUT2D eigenvalue weighted by Crippen LogP contribution is 2.34. The number of carbonyl (C=O) groups excluding carboxylic acids is 1. The fourth-order valence-corrected chi connectivity index (χ4v) is 2.36. The van der Waals surface area contributed by atoms with E-state index in [4.69, 9.17) is 9.47 Å². The lowest BCUT2D eigenvalue weighted by molar-refractivity contribution is -0.0498. The van der Waals surface area contributed by atoms with Gasteiger partial charge < -0.3 is 19.5 Å². The first-order chi connectivity index (χ1) is 11.5. The van der Waals surface area contributed by atoms with Crippen molar-refractivity contribution in [2.45, 2.75) is 19.6 Å². The van der Waals surface area contributed by atoms with E-state index in [0.717, 1.165) is 5.56 Å². The minimum atomic E-state index is -2.93. The van der Waals surface area contributed by atoms with Gasteiger partial charge in [-0.05, 0) is 42.8 Å². The van der Waals surface area contributed by atoms with Gasteiger partial charge >= 0.3 is 6.61 Å². The van der Waals surface area contributed by atoms with Crippen molar-refractivity contribution in [2.24, 2.45) is 0 Å². The molecule has 1 aliphatic rings. The Labute approximate surface area is 137 Å². The standard InChI is InChI=1S/C17H15F2NO4/c1-10(11-5-6-14-15(8-11)23-9-22-14)20-16(21)12-3-2-4-13(7-12)24-17(18)19/h2-8,10,17H,9H2,1H3,(H,20,21). The zero-order valence-electron chi connectivity index (χ0n) is 12.8. The molecule has 1 heterocycles. The maximum atomic E-state index is 12.3. The predicted molar refractivity (Wildman–Crippen MR) is 81.5 cm³/mol. The largest absolute Gasteiger partial charge is 0.454 e. The van der Waals surface area contributed by atoms with E-state index in [0.29, 0.717) is 11.5 Å². The highest BCUT2D eigenvalue weighted by Gasteiger charge is 2.17. The Morgan fingerprint density at radius 2 is 1.96 bits per heavy atom. The molecule has 0 saturated carbocycles. The van der Waals surface area contributed by atoms with E-state index in [9.17, 15) is 13.6 Å². The number of carbonyl (C=O) groups is 1. The molecule has 1 atom stereocenters. The molecule has 1 N–H and O–H groups in total. The van der Waals surface area contributed by atoms with Crippen LogP contribution >= 0.6 is 0 Å². The van der Waals surface area contributed by atoms with Crippen LogP contribution in [-0.2, 0) is 0 Å². The predicted octanol–water partition coefficient (Wildman–Crippen LogP) is 3.51. The SMILES string of the molecule is CC(NC(=O)c1cccc(OC(F)F)c1)c1ccc2c(c1)OCO2. The van der Waals surface area contributed by atoms with Crippen molar-refractivity contribution in [2.75, 3.05) is 6.79 Å². The zero-order valence-corrected chi connectivity index (χ0v) is 12.8. The molecule has 126 valence electrons. The Morgan fingerprint density at radius 3 is 2.75 bits per heavy atom. The second kappa shape index (κ2) is 6.74. The van der Waals surface area contributed by atoms with E-state index in [1.807, 2.05) is 13.0 Å². The first kappa shape index (κ1) is 16.0. The molecule has 2 aromatic carbocycles. The van der Waals surface area contributed by atoms with Crippen LogP contribution in [0.4, 0.5) is 8.78 Å². The third kappa shape index (κ3) is 3.56. The van der Waals surface area contributed by atoms with Crippen molar-refractivity contribution in [1.82, 2.24) is 5.32 Å². The van der Waals surface area contributed by atoms with Crippen LogP contribution in [0.3, 0.4) is 0 Å². The number of fused-ring (bicyclic) bond motifs is 1. The molecule has 1 unspecified atom stereocenters. The molecule has 0 bridgehead atoms. The number of ether oxygens (including phenoxy) is 3. The smallest absolute Gasteiger partial charge is 0.387 e. The molecule has 0 fully saturated rings. The highest BCUT2D eigenvalue weighted by atomic mass is 19.3. The molecular weight excluding hydrogens is 320 g/mol. The summed E-state index contributed by atoms with van der Waals surface area (Å²) < 4.78 is 39.4.